The van der Waals surface area contributed by atoms with Gasteiger partial charge in [0.2, 0.25) is 0 Å². The molecule has 0 bridgehead atoms. The van der Waals surface area contributed by atoms with Crippen LogP contribution in [0.1, 0.15) is 20.3 Å². The molecule has 0 amide bonds. The Kier molecular flexibility index (Phi) is 2.44. The molecule has 0 unspecified atom stereocenters. The summed E-state index contributed by atoms with van der Waals surface area (Å²) in [5.41, 5.74) is 0. The van der Waals surface area contributed by atoms with Gasteiger partial charge in [0.1, 0.15) is 24.4 Å². The molecular formula is C11H15NO5. The largest absolute Gasteiger partial charge is 0.388 e. The fraction of sp³-hybridized carbons (Fsp3) is 0.909. The summed E-state index contributed by atoms with van der Waals surface area (Å²) >= 11 is 0. The molecule has 6 heteroatoms. The minimum atomic E-state index is -0.791. The highest BCUT2D eigenvalue weighted by Crippen LogP contribution is 2.43. The monoisotopic (exact) mass is 241 g/mol. The Bertz CT molecular complexity index is 365. The molecule has 94 valence electrons. The zero-order valence-electron chi connectivity index (χ0n) is 9.70. The first-order valence-electron chi connectivity index (χ1n) is 5.73. The topological polar surface area (TPSA) is 80.9 Å². The van der Waals surface area contributed by atoms with E-state index in [1.165, 1.54) is 0 Å². The van der Waals surface area contributed by atoms with Gasteiger partial charge in [-0.25, -0.2) is 0 Å². The molecule has 3 rings (SSSR count). The Morgan fingerprint density at radius 2 is 1.94 bits per heavy atom. The van der Waals surface area contributed by atoms with Gasteiger partial charge >= 0.3 is 0 Å². The first-order chi connectivity index (χ1) is 8.02. The van der Waals surface area contributed by atoms with Crippen molar-refractivity contribution in [1.29, 1.82) is 5.26 Å². The first kappa shape index (κ1) is 11.4. The smallest absolute Gasteiger partial charge is 0.190 e. The molecule has 0 aromatic carbocycles. The van der Waals surface area contributed by atoms with Gasteiger partial charge in [0.25, 0.3) is 0 Å². The third-order valence-corrected chi connectivity index (χ3v) is 3.37. The number of hydrogen-bond donors (Lipinski definition) is 1. The SMILES string of the molecule is CC1(C)O[C@H]2O[C@@H]3[C@H](O)[C@@H](CC#N)O[C@@H]3[C@H]2O1. The lowest BCUT2D eigenvalue weighted by molar-refractivity contribution is -0.214. The standard InChI is InChI=1S/C11H15NO5/c1-11(2)16-9-8-7(15-10(9)17-11)6(13)5(14-8)3-4-12/h5-10,13H,3H2,1-2H3/t5-,6-,7-,8+,9-,10-/m1/s1. The minimum Gasteiger partial charge on any atom is -0.388 e. The van der Waals surface area contributed by atoms with E-state index in [2.05, 4.69) is 0 Å². The summed E-state index contributed by atoms with van der Waals surface area (Å²) in [6, 6.07) is 1.99. The van der Waals surface area contributed by atoms with Crippen molar-refractivity contribution in [3.05, 3.63) is 0 Å². The second-order valence-corrected chi connectivity index (χ2v) is 5.06. The predicted molar refractivity (Wildman–Crippen MR) is 53.6 cm³/mol. The zero-order chi connectivity index (χ0) is 12.2. The molecule has 3 heterocycles. The zero-order valence-corrected chi connectivity index (χ0v) is 9.70. The van der Waals surface area contributed by atoms with Crippen LogP contribution in [-0.2, 0) is 18.9 Å². The second-order valence-electron chi connectivity index (χ2n) is 5.06. The molecule has 6 atom stereocenters. The summed E-state index contributed by atoms with van der Waals surface area (Å²) in [5, 5.41) is 18.6. The van der Waals surface area contributed by atoms with Gasteiger partial charge in [0, 0.05) is 0 Å². The van der Waals surface area contributed by atoms with Crippen molar-refractivity contribution >= 4 is 0 Å². The van der Waals surface area contributed by atoms with Crippen LogP contribution in [0, 0.1) is 11.3 Å². The van der Waals surface area contributed by atoms with Crippen molar-refractivity contribution in [2.24, 2.45) is 0 Å². The fourth-order valence-corrected chi connectivity index (χ4v) is 2.69. The number of ether oxygens (including phenoxy) is 4. The average molecular weight is 241 g/mol. The van der Waals surface area contributed by atoms with Gasteiger partial charge in [0.15, 0.2) is 12.1 Å². The number of hydrogen-bond acceptors (Lipinski definition) is 6. The third-order valence-electron chi connectivity index (χ3n) is 3.37. The number of rotatable bonds is 1. The lowest BCUT2D eigenvalue weighted by atomic mass is 10.1. The van der Waals surface area contributed by atoms with Gasteiger partial charge in [-0.2, -0.15) is 5.26 Å². The van der Waals surface area contributed by atoms with E-state index >= 15 is 0 Å². The minimum absolute atomic E-state index is 0.152. The molecule has 6 nitrogen and oxygen atoms in total. The van der Waals surface area contributed by atoms with Crippen molar-refractivity contribution in [2.45, 2.75) is 62.9 Å². The third kappa shape index (κ3) is 1.66. The van der Waals surface area contributed by atoms with E-state index < -0.39 is 30.4 Å². The van der Waals surface area contributed by atoms with Crippen LogP contribution < -0.4 is 0 Å². The molecule has 0 aliphatic carbocycles. The van der Waals surface area contributed by atoms with Crippen molar-refractivity contribution in [2.75, 3.05) is 0 Å². The lowest BCUT2D eigenvalue weighted by Gasteiger charge is -2.21. The molecule has 0 spiro atoms. The van der Waals surface area contributed by atoms with Crippen LogP contribution in [0.25, 0.3) is 0 Å². The first-order valence-corrected chi connectivity index (χ1v) is 5.73. The number of nitriles is 1. The van der Waals surface area contributed by atoms with Crippen molar-refractivity contribution in [3.63, 3.8) is 0 Å². The van der Waals surface area contributed by atoms with Crippen LogP contribution in [0.15, 0.2) is 0 Å². The van der Waals surface area contributed by atoms with Gasteiger partial charge in [-0.05, 0) is 13.8 Å². The fourth-order valence-electron chi connectivity index (χ4n) is 2.69. The molecule has 3 fully saturated rings. The molecule has 0 aromatic rings. The van der Waals surface area contributed by atoms with E-state index in [1.54, 1.807) is 0 Å². The van der Waals surface area contributed by atoms with Gasteiger partial charge < -0.3 is 24.1 Å². The van der Waals surface area contributed by atoms with E-state index in [1.807, 2.05) is 19.9 Å². The number of aliphatic hydroxyl groups excluding tert-OH is 1. The molecule has 3 aliphatic heterocycles. The van der Waals surface area contributed by atoms with Crippen LogP contribution in [-0.4, -0.2) is 47.7 Å². The summed E-state index contributed by atoms with van der Waals surface area (Å²) in [4.78, 5) is 0. The van der Waals surface area contributed by atoms with E-state index in [-0.39, 0.29) is 18.6 Å². The Balaban J connectivity index is 1.75. The second kappa shape index (κ2) is 3.64. The normalized spacial score (nSPS) is 50.9. The molecule has 17 heavy (non-hydrogen) atoms. The van der Waals surface area contributed by atoms with Crippen LogP contribution in [0.3, 0.4) is 0 Å². The van der Waals surface area contributed by atoms with Crippen LogP contribution in [0.5, 0.6) is 0 Å². The molecule has 3 aliphatic rings. The van der Waals surface area contributed by atoms with Crippen LogP contribution in [0.4, 0.5) is 0 Å². The van der Waals surface area contributed by atoms with Crippen molar-refractivity contribution in [1.82, 2.24) is 0 Å². The quantitative estimate of drug-likeness (QED) is 0.690. The summed E-state index contributed by atoms with van der Waals surface area (Å²) in [6.07, 6.45) is -2.76. The summed E-state index contributed by atoms with van der Waals surface area (Å²) in [6.45, 7) is 3.61. The Hall–Kier alpha value is -0.710. The average Bonchev–Trinajstić information content (AvgIpc) is 2.79. The van der Waals surface area contributed by atoms with Crippen molar-refractivity contribution < 1.29 is 24.1 Å². The van der Waals surface area contributed by atoms with Crippen LogP contribution >= 0.6 is 0 Å². The highest BCUT2D eigenvalue weighted by Gasteiger charge is 2.61. The van der Waals surface area contributed by atoms with Crippen molar-refractivity contribution in [3.8, 4) is 6.07 Å². The maximum Gasteiger partial charge on any atom is 0.190 e. The van der Waals surface area contributed by atoms with Gasteiger partial charge in [0.05, 0.1) is 18.6 Å². The molecule has 1 N–H and O–H groups in total. The maximum atomic E-state index is 9.96. The molecule has 3 saturated heterocycles. The maximum absolute atomic E-state index is 9.96. The summed E-state index contributed by atoms with van der Waals surface area (Å²) < 4.78 is 22.5. The highest BCUT2D eigenvalue weighted by atomic mass is 16.8. The Labute approximate surface area is 99.0 Å². The molecule has 0 radical (unpaired) electrons. The lowest BCUT2D eigenvalue weighted by Crippen LogP contribution is -2.35. The van der Waals surface area contributed by atoms with Crippen LogP contribution in [0.2, 0.25) is 0 Å². The Morgan fingerprint density at radius 1 is 1.18 bits per heavy atom. The highest BCUT2D eigenvalue weighted by molar-refractivity contribution is 5.04. The van der Waals surface area contributed by atoms with E-state index in [4.69, 9.17) is 24.2 Å². The van der Waals surface area contributed by atoms with Gasteiger partial charge in [-0.1, -0.05) is 0 Å². The molecule has 0 aromatic heterocycles. The van der Waals surface area contributed by atoms with Gasteiger partial charge in [-0.15, -0.1) is 0 Å². The predicted octanol–water partition coefficient (Wildman–Crippen LogP) is -0.0952. The van der Waals surface area contributed by atoms with E-state index in [0.29, 0.717) is 0 Å². The summed E-state index contributed by atoms with van der Waals surface area (Å²) in [5.74, 6) is -0.693. The van der Waals surface area contributed by atoms with Gasteiger partial charge in [-0.3, -0.25) is 0 Å². The summed E-state index contributed by atoms with van der Waals surface area (Å²) in [7, 11) is 0. The number of aliphatic hydroxyl groups is 1. The number of nitrogens with zero attached hydrogens (tertiary/aromatic N) is 1. The molecule has 0 saturated carbocycles. The van der Waals surface area contributed by atoms with E-state index in [0.717, 1.165) is 0 Å². The van der Waals surface area contributed by atoms with E-state index in [9.17, 15) is 5.11 Å². The molecular weight excluding hydrogens is 226 g/mol. The number of fused-ring (bicyclic) bond motifs is 3. The Morgan fingerprint density at radius 3 is 2.65 bits per heavy atom.